The fourth-order valence-corrected chi connectivity index (χ4v) is 3.09. The van der Waals surface area contributed by atoms with E-state index < -0.39 is 0 Å². The highest BCUT2D eigenvalue weighted by Gasteiger charge is 2.13. The van der Waals surface area contributed by atoms with Crippen LogP contribution in [-0.4, -0.2) is 12.5 Å². The summed E-state index contributed by atoms with van der Waals surface area (Å²) in [7, 11) is 0. The number of hydrogen-bond donors (Lipinski definition) is 1. The van der Waals surface area contributed by atoms with Gasteiger partial charge in [0.05, 0.1) is 6.61 Å². The summed E-state index contributed by atoms with van der Waals surface area (Å²) >= 11 is 5.92. The highest BCUT2D eigenvalue weighted by molar-refractivity contribution is 6.30. The van der Waals surface area contributed by atoms with Crippen molar-refractivity contribution in [3.05, 3.63) is 88.4 Å². The first-order valence-corrected chi connectivity index (χ1v) is 10.0. The molecule has 0 fully saturated rings. The molecule has 0 saturated heterocycles. The predicted octanol–water partition coefficient (Wildman–Crippen LogP) is 6.13. The molecule has 0 aliphatic rings. The Morgan fingerprint density at radius 1 is 0.931 bits per heavy atom. The van der Waals surface area contributed by atoms with E-state index in [0.717, 1.165) is 23.2 Å². The Bertz CT molecular complexity index is 970. The predicted molar refractivity (Wildman–Crippen MR) is 117 cm³/mol. The number of ether oxygens (including phenoxy) is 2. The zero-order chi connectivity index (χ0) is 20.6. The zero-order valence-corrected chi connectivity index (χ0v) is 17.3. The lowest BCUT2D eigenvalue weighted by Crippen LogP contribution is -2.14. The number of carbonyl (C=O) groups excluding carboxylic acids is 1. The van der Waals surface area contributed by atoms with Crippen molar-refractivity contribution in [1.82, 2.24) is 0 Å². The van der Waals surface area contributed by atoms with E-state index in [1.807, 2.05) is 43.3 Å². The fraction of sp³-hybridized carbons (Fsp3) is 0.208. The maximum Gasteiger partial charge on any atom is 0.255 e. The van der Waals surface area contributed by atoms with Gasteiger partial charge in [-0.1, -0.05) is 36.7 Å². The molecule has 0 spiro atoms. The molecule has 1 amide bonds. The maximum absolute atomic E-state index is 12.8. The summed E-state index contributed by atoms with van der Waals surface area (Å²) in [6, 6.07) is 20.4. The van der Waals surface area contributed by atoms with E-state index in [9.17, 15) is 4.79 Å². The smallest absolute Gasteiger partial charge is 0.255 e. The Morgan fingerprint density at radius 2 is 1.69 bits per heavy atom. The number of carbonyl (C=O) groups is 1. The first kappa shape index (κ1) is 20.7. The van der Waals surface area contributed by atoms with E-state index in [2.05, 4.69) is 12.2 Å². The monoisotopic (exact) mass is 409 g/mol. The van der Waals surface area contributed by atoms with E-state index in [4.69, 9.17) is 21.1 Å². The third-order valence-corrected chi connectivity index (χ3v) is 4.73. The molecule has 1 N–H and O–H groups in total. The molecule has 3 aromatic rings. The minimum Gasteiger partial charge on any atom is -0.493 e. The number of anilines is 1. The van der Waals surface area contributed by atoms with Gasteiger partial charge in [0, 0.05) is 21.8 Å². The number of para-hydroxylation sites is 1. The van der Waals surface area contributed by atoms with Gasteiger partial charge in [-0.2, -0.15) is 0 Å². The molecule has 5 heteroatoms. The molecule has 3 rings (SSSR count). The number of halogens is 1. The summed E-state index contributed by atoms with van der Waals surface area (Å²) in [5, 5.41) is 3.65. The Morgan fingerprint density at radius 3 is 2.41 bits per heavy atom. The molecule has 0 radical (unpaired) electrons. The lowest BCUT2D eigenvalue weighted by molar-refractivity contribution is 0.102. The van der Waals surface area contributed by atoms with Crippen molar-refractivity contribution < 1.29 is 14.3 Å². The lowest BCUT2D eigenvalue weighted by Gasteiger charge is -2.14. The molecule has 0 unspecified atom stereocenters. The molecule has 0 aromatic heterocycles. The van der Waals surface area contributed by atoms with Gasteiger partial charge in [-0.25, -0.2) is 0 Å². The minimum absolute atomic E-state index is 0.165. The van der Waals surface area contributed by atoms with Gasteiger partial charge in [0.15, 0.2) is 0 Å². The van der Waals surface area contributed by atoms with Crippen molar-refractivity contribution in [3.63, 3.8) is 0 Å². The summed E-state index contributed by atoms with van der Waals surface area (Å²) in [5.74, 6) is 1.23. The molecule has 0 heterocycles. The Balaban J connectivity index is 1.79. The van der Waals surface area contributed by atoms with Gasteiger partial charge < -0.3 is 14.8 Å². The van der Waals surface area contributed by atoms with Crippen molar-refractivity contribution in [2.24, 2.45) is 0 Å². The third-order valence-electron chi connectivity index (χ3n) is 4.48. The molecule has 0 saturated carbocycles. The topological polar surface area (TPSA) is 47.6 Å². The van der Waals surface area contributed by atoms with Crippen LogP contribution in [0.1, 0.15) is 35.3 Å². The van der Waals surface area contributed by atoms with E-state index >= 15 is 0 Å². The van der Waals surface area contributed by atoms with E-state index in [0.29, 0.717) is 28.7 Å². The van der Waals surface area contributed by atoms with Crippen LogP contribution >= 0.6 is 11.6 Å². The summed E-state index contributed by atoms with van der Waals surface area (Å²) in [5.41, 5.74) is 3.28. The fourth-order valence-electron chi connectivity index (χ4n) is 2.97. The summed E-state index contributed by atoms with van der Waals surface area (Å²) in [6.07, 6.45) is 0.847. The number of rotatable bonds is 8. The Kier molecular flexibility index (Phi) is 7.14. The number of benzene rings is 3. The molecule has 0 bridgehead atoms. The van der Waals surface area contributed by atoms with E-state index in [1.54, 1.807) is 30.3 Å². The van der Waals surface area contributed by atoms with Crippen LogP contribution in [0.25, 0.3) is 0 Å². The summed E-state index contributed by atoms with van der Waals surface area (Å²) in [4.78, 5) is 12.8. The third kappa shape index (κ3) is 5.52. The molecular formula is C24H24ClNO3. The summed E-state index contributed by atoms with van der Waals surface area (Å²) < 4.78 is 11.6. The average Bonchev–Trinajstić information content (AvgIpc) is 2.74. The van der Waals surface area contributed by atoms with Crippen LogP contribution in [-0.2, 0) is 13.0 Å². The molecule has 4 nitrogen and oxygen atoms in total. The molecule has 0 aliphatic heterocycles. The molecule has 29 heavy (non-hydrogen) atoms. The van der Waals surface area contributed by atoms with Crippen LogP contribution in [0, 0.1) is 0 Å². The second-order valence-electron chi connectivity index (χ2n) is 6.46. The van der Waals surface area contributed by atoms with Crippen LogP contribution in [0.15, 0.2) is 66.7 Å². The number of hydrogen-bond acceptors (Lipinski definition) is 3. The number of nitrogens with one attached hydrogen (secondary N) is 1. The molecule has 0 aliphatic carbocycles. The van der Waals surface area contributed by atoms with E-state index in [-0.39, 0.29) is 12.5 Å². The number of aryl methyl sites for hydroxylation is 1. The zero-order valence-electron chi connectivity index (χ0n) is 16.6. The largest absolute Gasteiger partial charge is 0.493 e. The SMILES string of the molecule is CCOc1ccc(C(=O)Nc2ccccc2CC)cc1COc1ccc(Cl)cc1. The second kappa shape index (κ2) is 9.99. The Hall–Kier alpha value is -2.98. The quantitative estimate of drug-likeness (QED) is 0.486. The van der Waals surface area contributed by atoms with Crippen molar-refractivity contribution in [3.8, 4) is 11.5 Å². The molecule has 0 atom stereocenters. The Labute approximate surface area is 176 Å². The van der Waals surface area contributed by atoms with Crippen LogP contribution in [0.2, 0.25) is 5.02 Å². The van der Waals surface area contributed by atoms with Crippen LogP contribution in [0.3, 0.4) is 0 Å². The first-order chi connectivity index (χ1) is 14.1. The normalized spacial score (nSPS) is 10.4. The van der Waals surface area contributed by atoms with Crippen molar-refractivity contribution in [1.29, 1.82) is 0 Å². The lowest BCUT2D eigenvalue weighted by atomic mass is 10.1. The van der Waals surface area contributed by atoms with Crippen molar-refractivity contribution in [2.45, 2.75) is 26.9 Å². The maximum atomic E-state index is 12.8. The van der Waals surface area contributed by atoms with Gasteiger partial charge in [0.1, 0.15) is 18.1 Å². The minimum atomic E-state index is -0.165. The highest BCUT2D eigenvalue weighted by Crippen LogP contribution is 2.24. The van der Waals surface area contributed by atoms with Gasteiger partial charge in [-0.15, -0.1) is 0 Å². The van der Waals surface area contributed by atoms with Gasteiger partial charge in [0.25, 0.3) is 5.91 Å². The van der Waals surface area contributed by atoms with Gasteiger partial charge in [-0.05, 0) is 67.4 Å². The second-order valence-corrected chi connectivity index (χ2v) is 6.90. The highest BCUT2D eigenvalue weighted by atomic mass is 35.5. The van der Waals surface area contributed by atoms with Crippen LogP contribution < -0.4 is 14.8 Å². The standard InChI is InChI=1S/C24H24ClNO3/c1-3-17-7-5-6-8-22(17)26-24(27)18-9-14-23(28-4-2)19(15-18)16-29-21-12-10-20(25)11-13-21/h5-15H,3-4,16H2,1-2H3,(H,26,27). The van der Waals surface area contributed by atoms with E-state index in [1.165, 1.54) is 0 Å². The molecular weight excluding hydrogens is 386 g/mol. The van der Waals surface area contributed by atoms with Crippen molar-refractivity contribution >= 4 is 23.2 Å². The van der Waals surface area contributed by atoms with Crippen molar-refractivity contribution in [2.75, 3.05) is 11.9 Å². The number of amides is 1. The average molecular weight is 410 g/mol. The molecule has 150 valence electrons. The van der Waals surface area contributed by atoms with Crippen LogP contribution in [0.4, 0.5) is 5.69 Å². The van der Waals surface area contributed by atoms with Gasteiger partial charge in [0.2, 0.25) is 0 Å². The first-order valence-electron chi connectivity index (χ1n) is 9.64. The summed E-state index contributed by atoms with van der Waals surface area (Å²) in [6.45, 7) is 4.80. The van der Waals surface area contributed by atoms with Crippen LogP contribution in [0.5, 0.6) is 11.5 Å². The molecule has 3 aromatic carbocycles. The van der Waals surface area contributed by atoms with Gasteiger partial charge >= 0.3 is 0 Å². The van der Waals surface area contributed by atoms with Gasteiger partial charge in [-0.3, -0.25) is 4.79 Å².